The van der Waals surface area contributed by atoms with Gasteiger partial charge in [-0.1, -0.05) is 12.1 Å². The van der Waals surface area contributed by atoms with Gasteiger partial charge in [0.05, 0.1) is 17.0 Å². The minimum Gasteiger partial charge on any atom is -0.362 e. The summed E-state index contributed by atoms with van der Waals surface area (Å²) in [6.45, 7) is 3.99. The van der Waals surface area contributed by atoms with Crippen molar-refractivity contribution in [3.05, 3.63) is 67.4 Å². The zero-order valence-corrected chi connectivity index (χ0v) is 19.9. The van der Waals surface area contributed by atoms with E-state index in [1.54, 1.807) is 23.8 Å². The first kappa shape index (κ1) is 23.6. The number of hydrogen-bond acceptors (Lipinski definition) is 5. The Morgan fingerprint density at radius 3 is 2.54 bits per heavy atom. The summed E-state index contributed by atoms with van der Waals surface area (Å²) in [5, 5.41) is 11.8. The van der Waals surface area contributed by atoms with Crippen LogP contribution in [0.1, 0.15) is 73.0 Å². The molecule has 5 rings (SSSR count). The average Bonchev–Trinajstić information content (AvgIpc) is 3.49. The topological polar surface area (TPSA) is 81.0 Å². The monoisotopic (exact) mass is 487 g/mol. The molecule has 3 aromatic rings. The van der Waals surface area contributed by atoms with Crippen molar-refractivity contribution in [2.45, 2.75) is 63.8 Å². The number of rotatable bonds is 5. The van der Waals surface area contributed by atoms with Crippen LogP contribution in [0.4, 0.5) is 19.0 Å². The molecule has 35 heavy (non-hydrogen) atoms. The fourth-order valence-corrected chi connectivity index (χ4v) is 5.17. The largest absolute Gasteiger partial charge is 0.416 e. The van der Waals surface area contributed by atoms with Gasteiger partial charge in [0.15, 0.2) is 5.82 Å². The van der Waals surface area contributed by atoms with E-state index in [1.165, 1.54) is 24.7 Å². The van der Waals surface area contributed by atoms with Crippen LogP contribution in [-0.4, -0.2) is 20.9 Å². The van der Waals surface area contributed by atoms with Crippen LogP contribution < -0.4 is 21.8 Å². The van der Waals surface area contributed by atoms with Crippen LogP contribution in [0.2, 0.25) is 0 Å². The molecule has 2 aromatic heterocycles. The molecule has 1 aliphatic carbocycles. The summed E-state index contributed by atoms with van der Waals surface area (Å²) >= 11 is 0. The van der Waals surface area contributed by atoms with Crippen molar-refractivity contribution in [1.82, 2.24) is 19.7 Å². The Morgan fingerprint density at radius 2 is 1.91 bits per heavy atom. The Morgan fingerprint density at radius 1 is 1.17 bits per heavy atom. The van der Waals surface area contributed by atoms with E-state index in [0.29, 0.717) is 27.7 Å². The Labute approximate surface area is 200 Å². The van der Waals surface area contributed by atoms with Gasteiger partial charge in [0.25, 0.3) is 11.1 Å². The summed E-state index contributed by atoms with van der Waals surface area (Å²) in [4.78, 5) is 26.7. The molecule has 1 saturated heterocycles. The maximum Gasteiger partial charge on any atom is 0.416 e. The summed E-state index contributed by atoms with van der Waals surface area (Å²) in [6.07, 6.45) is 0.689. The first-order valence-corrected chi connectivity index (χ1v) is 11.9. The highest BCUT2D eigenvalue weighted by Gasteiger charge is 2.34. The van der Waals surface area contributed by atoms with Gasteiger partial charge in [0, 0.05) is 36.3 Å². The Balaban J connectivity index is 1.67. The van der Waals surface area contributed by atoms with Gasteiger partial charge in [-0.2, -0.15) is 18.3 Å². The van der Waals surface area contributed by atoms with Crippen molar-refractivity contribution in [2.24, 2.45) is 7.05 Å². The normalized spacial score (nSPS) is 19.3. The third-order valence-corrected chi connectivity index (χ3v) is 7.13. The van der Waals surface area contributed by atoms with Crippen molar-refractivity contribution in [1.29, 1.82) is 0 Å². The molecule has 10 heteroatoms. The molecule has 0 amide bonds. The van der Waals surface area contributed by atoms with E-state index in [1.807, 2.05) is 0 Å². The van der Waals surface area contributed by atoms with Crippen LogP contribution in [0.3, 0.4) is 0 Å². The van der Waals surface area contributed by atoms with E-state index in [0.717, 1.165) is 38.3 Å². The number of halogens is 3. The summed E-state index contributed by atoms with van der Waals surface area (Å²) in [5.74, 6) is 0.361. The Bertz CT molecular complexity index is 1420. The van der Waals surface area contributed by atoms with Gasteiger partial charge in [-0.25, -0.2) is 4.68 Å². The molecule has 0 radical (unpaired) electrons. The number of hydrogen-bond donors (Lipinski definition) is 2. The SMILES string of the molecule is Cc1c([C@@H](C)Nc2nn(C)c(=O)c3c(C4CCCN4)c(=O)n(C4CC4)cc23)cccc1C(F)(F)F. The molecule has 1 saturated carbocycles. The smallest absolute Gasteiger partial charge is 0.362 e. The molecule has 1 aliphatic heterocycles. The molecular formula is C25H28F3N5O2. The number of aryl methyl sites for hydroxylation is 1. The van der Waals surface area contributed by atoms with Crippen molar-refractivity contribution in [3.8, 4) is 0 Å². The second-order valence-corrected chi connectivity index (χ2v) is 9.58. The minimum atomic E-state index is -4.45. The van der Waals surface area contributed by atoms with Crippen molar-refractivity contribution in [3.63, 3.8) is 0 Å². The molecule has 2 aliphatic rings. The Hall–Kier alpha value is -3.14. The fraction of sp³-hybridized carbons (Fsp3) is 0.480. The van der Waals surface area contributed by atoms with Crippen LogP contribution >= 0.6 is 0 Å². The molecule has 2 fully saturated rings. The van der Waals surface area contributed by atoms with E-state index in [9.17, 15) is 22.8 Å². The van der Waals surface area contributed by atoms with Crippen molar-refractivity contribution < 1.29 is 13.2 Å². The lowest BCUT2D eigenvalue weighted by molar-refractivity contribution is -0.138. The highest BCUT2D eigenvalue weighted by molar-refractivity contribution is 5.93. The van der Waals surface area contributed by atoms with E-state index in [4.69, 9.17) is 0 Å². The molecular weight excluding hydrogens is 459 g/mol. The summed E-state index contributed by atoms with van der Waals surface area (Å²) < 4.78 is 43.3. The van der Waals surface area contributed by atoms with Crippen LogP contribution in [0, 0.1) is 6.92 Å². The molecule has 2 atom stereocenters. The quantitative estimate of drug-likeness (QED) is 0.559. The van der Waals surface area contributed by atoms with Crippen LogP contribution in [0.25, 0.3) is 10.8 Å². The number of pyridine rings is 1. The van der Waals surface area contributed by atoms with Crippen LogP contribution in [0.5, 0.6) is 0 Å². The first-order valence-electron chi connectivity index (χ1n) is 11.9. The first-order chi connectivity index (χ1) is 16.6. The van der Waals surface area contributed by atoms with Gasteiger partial charge in [-0.15, -0.1) is 0 Å². The van der Waals surface area contributed by atoms with Gasteiger partial charge >= 0.3 is 6.18 Å². The van der Waals surface area contributed by atoms with Gasteiger partial charge in [0.1, 0.15) is 0 Å². The van der Waals surface area contributed by atoms with Crippen molar-refractivity contribution >= 4 is 16.6 Å². The van der Waals surface area contributed by atoms with E-state index >= 15 is 0 Å². The third-order valence-electron chi connectivity index (χ3n) is 7.13. The standard InChI is InChI=1S/C25H28F3N5O2/c1-13-16(6-4-7-18(13)25(26,27)28)14(2)30-22-17-12-33(15-9-10-15)24(35)21(19-8-5-11-29-19)20(17)23(34)32(3)31-22/h4,6-7,12,14-15,19,29H,5,8-11H2,1-3H3,(H,30,31)/t14-,19?/m1/s1. The summed E-state index contributed by atoms with van der Waals surface area (Å²) in [7, 11) is 1.52. The highest BCUT2D eigenvalue weighted by Crippen LogP contribution is 2.38. The highest BCUT2D eigenvalue weighted by atomic mass is 19.4. The number of benzene rings is 1. The number of aromatic nitrogens is 3. The van der Waals surface area contributed by atoms with E-state index < -0.39 is 17.8 Å². The third kappa shape index (κ3) is 4.13. The Kier molecular flexibility index (Phi) is 5.74. The molecule has 7 nitrogen and oxygen atoms in total. The number of anilines is 1. The minimum absolute atomic E-state index is 0.0899. The maximum atomic E-state index is 13.5. The average molecular weight is 488 g/mol. The van der Waals surface area contributed by atoms with Gasteiger partial charge in [0.2, 0.25) is 0 Å². The molecule has 1 aromatic carbocycles. The zero-order valence-electron chi connectivity index (χ0n) is 19.9. The molecule has 3 heterocycles. The van der Waals surface area contributed by atoms with Gasteiger partial charge < -0.3 is 15.2 Å². The van der Waals surface area contributed by atoms with Crippen LogP contribution in [-0.2, 0) is 13.2 Å². The number of nitrogens with zero attached hydrogens (tertiary/aromatic N) is 3. The zero-order chi connectivity index (χ0) is 25.1. The summed E-state index contributed by atoms with van der Waals surface area (Å²) in [5.41, 5.74) is -0.121. The lowest BCUT2D eigenvalue weighted by Crippen LogP contribution is -2.33. The molecule has 186 valence electrons. The predicted octanol–water partition coefficient (Wildman–Crippen LogP) is 4.35. The second-order valence-electron chi connectivity index (χ2n) is 9.58. The maximum absolute atomic E-state index is 13.5. The number of fused-ring (bicyclic) bond motifs is 1. The summed E-state index contributed by atoms with van der Waals surface area (Å²) in [6, 6.07) is 3.46. The van der Waals surface area contributed by atoms with Crippen LogP contribution in [0.15, 0.2) is 34.0 Å². The van der Waals surface area contributed by atoms with E-state index in [-0.39, 0.29) is 28.8 Å². The van der Waals surface area contributed by atoms with Crippen molar-refractivity contribution in [2.75, 3.05) is 11.9 Å². The van der Waals surface area contributed by atoms with Gasteiger partial charge in [-0.05, 0) is 63.3 Å². The second kappa shape index (κ2) is 8.51. The number of alkyl halides is 3. The molecule has 0 spiro atoms. The molecule has 1 unspecified atom stereocenters. The number of nitrogens with one attached hydrogen (secondary N) is 2. The predicted molar refractivity (Wildman–Crippen MR) is 128 cm³/mol. The lowest BCUT2D eigenvalue weighted by atomic mass is 9.97. The van der Waals surface area contributed by atoms with E-state index in [2.05, 4.69) is 15.7 Å². The fourth-order valence-electron chi connectivity index (χ4n) is 5.17. The van der Waals surface area contributed by atoms with Gasteiger partial charge in [-0.3, -0.25) is 9.59 Å². The molecule has 0 bridgehead atoms. The molecule has 2 N–H and O–H groups in total. The lowest BCUT2D eigenvalue weighted by Gasteiger charge is -2.22.